The van der Waals surface area contributed by atoms with Gasteiger partial charge in [0.1, 0.15) is 11.5 Å². The molecule has 118 valence electrons. The van der Waals surface area contributed by atoms with E-state index in [1.54, 1.807) is 6.34 Å². The highest BCUT2D eigenvalue weighted by Crippen LogP contribution is 2.40. The summed E-state index contributed by atoms with van der Waals surface area (Å²) in [6.07, 6.45) is 1.64. The lowest BCUT2D eigenvalue weighted by Gasteiger charge is -2.32. The number of anilines is 1. The minimum Gasteiger partial charge on any atom is -0.457 e. The smallest absolute Gasteiger partial charge is 0.167 e. The molecule has 3 N–H and O–H groups in total. The zero-order valence-electron chi connectivity index (χ0n) is 13.0. The van der Waals surface area contributed by atoms with Gasteiger partial charge in [0.15, 0.2) is 5.66 Å². The Morgan fingerprint density at radius 3 is 2.29 bits per heavy atom. The second-order valence-electron chi connectivity index (χ2n) is 5.63. The largest absolute Gasteiger partial charge is 0.457 e. The molecule has 0 bridgehead atoms. The molecule has 4 heteroatoms. The number of nitrogens with zero attached hydrogens (tertiary/aromatic N) is 1. The number of hydrogen-bond acceptors (Lipinski definition) is 4. The first kappa shape index (κ1) is 14.5. The van der Waals surface area contributed by atoms with Crippen molar-refractivity contribution in [3.05, 3.63) is 90.0 Å². The van der Waals surface area contributed by atoms with Crippen molar-refractivity contribution in [2.75, 3.05) is 5.32 Å². The van der Waals surface area contributed by atoms with Crippen molar-refractivity contribution in [1.29, 1.82) is 0 Å². The Morgan fingerprint density at radius 1 is 0.792 bits per heavy atom. The summed E-state index contributed by atoms with van der Waals surface area (Å²) in [4.78, 5) is 4.54. The summed E-state index contributed by atoms with van der Waals surface area (Å²) < 4.78 is 6.07. The maximum Gasteiger partial charge on any atom is 0.167 e. The van der Waals surface area contributed by atoms with Crippen LogP contribution in [-0.2, 0) is 5.66 Å². The highest BCUT2D eigenvalue weighted by molar-refractivity contribution is 5.82. The molecule has 1 unspecified atom stereocenters. The van der Waals surface area contributed by atoms with Crippen molar-refractivity contribution in [2.45, 2.75) is 5.66 Å². The molecule has 0 saturated carbocycles. The van der Waals surface area contributed by atoms with E-state index in [1.165, 1.54) is 0 Å². The van der Waals surface area contributed by atoms with Gasteiger partial charge in [-0.25, -0.2) is 4.99 Å². The highest BCUT2D eigenvalue weighted by atomic mass is 16.5. The molecule has 0 aliphatic carbocycles. The number of aliphatic imine (C=N–C) groups is 1. The fraction of sp³-hybridized carbons (Fsp3) is 0.0500. The first-order valence-electron chi connectivity index (χ1n) is 7.78. The SMILES string of the molecule is NC1(c2ccccc2Oc2ccccc2)N=CNc2ccccc21. The summed E-state index contributed by atoms with van der Waals surface area (Å²) in [6, 6.07) is 25.3. The minimum absolute atomic E-state index is 0.694. The molecule has 24 heavy (non-hydrogen) atoms. The van der Waals surface area contributed by atoms with Crippen molar-refractivity contribution < 1.29 is 4.74 Å². The van der Waals surface area contributed by atoms with Gasteiger partial charge < -0.3 is 10.1 Å². The van der Waals surface area contributed by atoms with Crippen LogP contribution in [0.25, 0.3) is 0 Å². The second-order valence-corrected chi connectivity index (χ2v) is 5.63. The van der Waals surface area contributed by atoms with Crippen molar-refractivity contribution in [3.8, 4) is 11.5 Å². The predicted molar refractivity (Wildman–Crippen MR) is 96.5 cm³/mol. The van der Waals surface area contributed by atoms with Crippen molar-refractivity contribution in [2.24, 2.45) is 10.7 Å². The van der Waals surface area contributed by atoms with Gasteiger partial charge in [-0.2, -0.15) is 0 Å². The van der Waals surface area contributed by atoms with E-state index in [9.17, 15) is 0 Å². The molecule has 0 fully saturated rings. The number of fused-ring (bicyclic) bond motifs is 1. The second kappa shape index (κ2) is 5.83. The molecule has 0 saturated heterocycles. The normalized spacial score (nSPS) is 18.5. The van der Waals surface area contributed by atoms with E-state index in [0.29, 0.717) is 5.75 Å². The fourth-order valence-electron chi connectivity index (χ4n) is 2.92. The molecule has 4 rings (SSSR count). The van der Waals surface area contributed by atoms with Crippen LogP contribution >= 0.6 is 0 Å². The van der Waals surface area contributed by atoms with Gasteiger partial charge in [-0.3, -0.25) is 5.73 Å². The van der Waals surface area contributed by atoms with E-state index >= 15 is 0 Å². The third-order valence-electron chi connectivity index (χ3n) is 4.09. The number of hydrogen-bond donors (Lipinski definition) is 2. The Labute approximate surface area is 140 Å². The molecule has 1 atom stereocenters. The average molecular weight is 315 g/mol. The van der Waals surface area contributed by atoms with Crippen molar-refractivity contribution in [1.82, 2.24) is 0 Å². The monoisotopic (exact) mass is 315 g/mol. The lowest BCUT2D eigenvalue weighted by molar-refractivity contribution is 0.453. The Bertz CT molecular complexity index is 892. The van der Waals surface area contributed by atoms with Gasteiger partial charge >= 0.3 is 0 Å². The lowest BCUT2D eigenvalue weighted by atomic mass is 9.89. The lowest BCUT2D eigenvalue weighted by Crippen LogP contribution is -2.39. The highest BCUT2D eigenvalue weighted by Gasteiger charge is 2.35. The summed E-state index contributed by atoms with van der Waals surface area (Å²) in [6.45, 7) is 0. The number of rotatable bonds is 3. The first-order valence-corrected chi connectivity index (χ1v) is 7.78. The molecule has 3 aromatic carbocycles. The molecular formula is C20H17N3O. The topological polar surface area (TPSA) is 59.6 Å². The van der Waals surface area contributed by atoms with Crippen LogP contribution in [0.4, 0.5) is 5.69 Å². The van der Waals surface area contributed by atoms with Gasteiger partial charge in [-0.1, -0.05) is 54.6 Å². The van der Waals surface area contributed by atoms with Crippen molar-refractivity contribution >= 4 is 12.0 Å². The maximum atomic E-state index is 6.73. The van der Waals surface area contributed by atoms with Crippen LogP contribution in [0.15, 0.2) is 83.9 Å². The molecule has 3 aromatic rings. The quantitative estimate of drug-likeness (QED) is 0.765. The summed E-state index contributed by atoms with van der Waals surface area (Å²) >= 11 is 0. The summed E-state index contributed by atoms with van der Waals surface area (Å²) in [7, 11) is 0. The zero-order chi connectivity index (χ0) is 16.4. The minimum atomic E-state index is -0.993. The summed E-state index contributed by atoms with van der Waals surface area (Å²) in [5.41, 5.74) is 8.42. The predicted octanol–water partition coefficient (Wildman–Crippen LogP) is 4.09. The fourth-order valence-corrected chi connectivity index (χ4v) is 2.92. The Hall–Kier alpha value is -3.11. The van der Waals surface area contributed by atoms with Crippen LogP contribution < -0.4 is 15.8 Å². The van der Waals surface area contributed by atoms with Crippen LogP contribution in [-0.4, -0.2) is 6.34 Å². The number of para-hydroxylation sites is 3. The zero-order valence-corrected chi connectivity index (χ0v) is 13.0. The Kier molecular flexibility index (Phi) is 3.52. The standard InChI is InChI=1S/C20H17N3O/c21-20(16-10-4-6-12-18(16)22-14-23-20)17-11-5-7-13-19(17)24-15-8-2-1-3-9-15/h1-14H,21H2,(H,22,23). The first-order chi connectivity index (χ1) is 11.8. The molecule has 1 aliphatic heterocycles. The van der Waals surface area contributed by atoms with Gasteiger partial charge in [0.25, 0.3) is 0 Å². The molecule has 4 nitrogen and oxygen atoms in total. The van der Waals surface area contributed by atoms with Crippen LogP contribution in [0.5, 0.6) is 11.5 Å². The molecule has 0 spiro atoms. The third-order valence-corrected chi connectivity index (χ3v) is 4.09. The number of nitrogens with two attached hydrogens (primary N) is 1. The average Bonchev–Trinajstić information content (AvgIpc) is 2.63. The van der Waals surface area contributed by atoms with E-state index < -0.39 is 5.66 Å². The number of nitrogens with one attached hydrogen (secondary N) is 1. The molecule has 0 aromatic heterocycles. The van der Waals surface area contributed by atoms with Crippen LogP contribution in [0, 0.1) is 0 Å². The van der Waals surface area contributed by atoms with Crippen molar-refractivity contribution in [3.63, 3.8) is 0 Å². The molecule has 0 amide bonds. The van der Waals surface area contributed by atoms with E-state index in [1.807, 2.05) is 78.9 Å². The van der Waals surface area contributed by atoms with Gasteiger partial charge in [-0.15, -0.1) is 0 Å². The molecule has 0 radical (unpaired) electrons. The van der Waals surface area contributed by atoms with E-state index in [-0.39, 0.29) is 0 Å². The number of ether oxygens (including phenoxy) is 1. The van der Waals surface area contributed by atoms with Gasteiger partial charge in [0.05, 0.1) is 6.34 Å². The maximum absolute atomic E-state index is 6.73. The summed E-state index contributed by atoms with van der Waals surface area (Å²) in [5.74, 6) is 1.46. The van der Waals surface area contributed by atoms with Crippen LogP contribution in [0.2, 0.25) is 0 Å². The van der Waals surface area contributed by atoms with Gasteiger partial charge in [0.2, 0.25) is 0 Å². The summed E-state index contributed by atoms with van der Waals surface area (Å²) in [5, 5.41) is 3.14. The molecule has 1 heterocycles. The molecular weight excluding hydrogens is 298 g/mol. The van der Waals surface area contributed by atoms with Crippen LogP contribution in [0.1, 0.15) is 11.1 Å². The Balaban J connectivity index is 1.82. The van der Waals surface area contributed by atoms with Gasteiger partial charge in [0, 0.05) is 16.8 Å². The van der Waals surface area contributed by atoms with Gasteiger partial charge in [-0.05, 0) is 24.3 Å². The number of benzene rings is 3. The van der Waals surface area contributed by atoms with E-state index in [4.69, 9.17) is 10.5 Å². The molecule has 1 aliphatic rings. The van der Waals surface area contributed by atoms with E-state index in [2.05, 4.69) is 10.3 Å². The van der Waals surface area contributed by atoms with E-state index in [0.717, 1.165) is 22.6 Å². The van der Waals surface area contributed by atoms with Crippen LogP contribution in [0.3, 0.4) is 0 Å². The Morgan fingerprint density at radius 2 is 1.46 bits per heavy atom. The third kappa shape index (κ3) is 2.43.